The maximum absolute atomic E-state index is 13.7. The molecule has 2 unspecified atom stereocenters. The van der Waals surface area contributed by atoms with E-state index in [1.54, 1.807) is 26.5 Å². The zero-order valence-corrected chi connectivity index (χ0v) is 35.4. The lowest BCUT2D eigenvalue weighted by Crippen LogP contribution is -2.39. The standard InChI is InChI=1S/C44H55N6O7P/c1-31(2)50(32(3)4)58(55-28-12-25-45)57-38-29-42(49-27-24-40(47-43(49)51)46-41-15-11-26-48(41)5)56-39(38)30-54-44(33-13-9-8-10-14-33,34-16-20-36(52-6)21-17-34)35-18-22-37(53-7)23-19-35/h8-10,13-14,16-24,27,31-32,38-39,42H,11-12,15,26,28-30H2,1-7H3/t38?,39-,42-,58?/m1/s1. The lowest BCUT2D eigenvalue weighted by molar-refractivity contribution is -0.0925. The number of likely N-dealkylation sites (tertiary alicyclic amines) is 1. The van der Waals surface area contributed by atoms with Crippen LogP contribution in [0.2, 0.25) is 0 Å². The van der Waals surface area contributed by atoms with E-state index in [1.807, 2.05) is 85.9 Å². The lowest BCUT2D eigenvalue weighted by atomic mass is 9.80. The van der Waals surface area contributed by atoms with Crippen LogP contribution in [0, 0.1) is 11.3 Å². The molecule has 58 heavy (non-hydrogen) atoms. The van der Waals surface area contributed by atoms with Gasteiger partial charge in [-0.3, -0.25) is 4.57 Å². The highest BCUT2D eigenvalue weighted by molar-refractivity contribution is 7.44. The van der Waals surface area contributed by atoms with Gasteiger partial charge in [0.1, 0.15) is 35.3 Å². The molecule has 0 bridgehead atoms. The Morgan fingerprint density at radius 3 is 2.10 bits per heavy atom. The van der Waals surface area contributed by atoms with Crippen molar-refractivity contribution >= 4 is 20.2 Å². The highest BCUT2D eigenvalue weighted by Gasteiger charge is 2.45. The third kappa shape index (κ3) is 9.78. The Hall–Kier alpha value is -4.67. The van der Waals surface area contributed by atoms with E-state index in [0.717, 1.165) is 41.9 Å². The first-order chi connectivity index (χ1) is 28.1. The largest absolute Gasteiger partial charge is 0.497 e. The maximum atomic E-state index is 13.7. The first kappa shape index (κ1) is 42.9. The van der Waals surface area contributed by atoms with E-state index >= 15 is 0 Å². The molecule has 2 fully saturated rings. The van der Waals surface area contributed by atoms with E-state index in [4.69, 9.17) is 28.0 Å². The molecule has 2 saturated heterocycles. The Morgan fingerprint density at radius 2 is 1.57 bits per heavy atom. The molecule has 0 saturated carbocycles. The topological polar surface area (TPSA) is 133 Å². The molecule has 3 heterocycles. The zero-order chi connectivity index (χ0) is 41.2. The van der Waals surface area contributed by atoms with Crippen molar-refractivity contribution in [3.05, 3.63) is 118 Å². The summed E-state index contributed by atoms with van der Waals surface area (Å²) in [5.74, 6) is 2.70. The molecular weight excluding hydrogens is 755 g/mol. The van der Waals surface area contributed by atoms with Crippen molar-refractivity contribution < 1.29 is 28.0 Å². The molecule has 14 heteroatoms. The number of nitrogens with zero attached hydrogens (tertiary/aromatic N) is 6. The maximum Gasteiger partial charge on any atom is 0.351 e. The minimum Gasteiger partial charge on any atom is -0.497 e. The second kappa shape index (κ2) is 19.9. The van der Waals surface area contributed by atoms with E-state index in [0.29, 0.717) is 23.7 Å². The number of amidine groups is 1. The number of rotatable bonds is 18. The normalized spacial score (nSPS) is 19.6. The molecule has 3 aromatic carbocycles. The number of nitriles is 1. The van der Waals surface area contributed by atoms with E-state index in [2.05, 4.69) is 53.3 Å². The highest BCUT2D eigenvalue weighted by Crippen LogP contribution is 2.50. The van der Waals surface area contributed by atoms with Crippen LogP contribution in [0.25, 0.3) is 0 Å². The number of aromatic nitrogens is 2. The number of benzene rings is 3. The fourth-order valence-electron chi connectivity index (χ4n) is 7.58. The number of hydrogen-bond acceptors (Lipinski definition) is 11. The summed E-state index contributed by atoms with van der Waals surface area (Å²) in [6, 6.07) is 29.9. The van der Waals surface area contributed by atoms with Gasteiger partial charge in [0, 0.05) is 44.7 Å². The van der Waals surface area contributed by atoms with Crippen molar-refractivity contribution in [1.29, 1.82) is 5.26 Å². The molecule has 13 nitrogen and oxygen atoms in total. The average molecular weight is 811 g/mol. The van der Waals surface area contributed by atoms with Crippen molar-refractivity contribution in [3.63, 3.8) is 0 Å². The van der Waals surface area contributed by atoms with Gasteiger partial charge >= 0.3 is 5.69 Å². The van der Waals surface area contributed by atoms with Crippen LogP contribution >= 0.6 is 8.53 Å². The first-order valence-corrected chi connectivity index (χ1v) is 21.0. The molecule has 0 radical (unpaired) electrons. The second-order valence-corrected chi connectivity index (χ2v) is 16.3. The van der Waals surface area contributed by atoms with E-state index in [9.17, 15) is 10.1 Å². The third-order valence-electron chi connectivity index (χ3n) is 10.4. The van der Waals surface area contributed by atoms with Gasteiger partial charge in [-0.15, -0.1) is 0 Å². The Kier molecular flexibility index (Phi) is 14.7. The molecular formula is C44H55N6O7P. The van der Waals surface area contributed by atoms with Crippen LogP contribution < -0.4 is 15.2 Å². The average Bonchev–Trinajstić information content (AvgIpc) is 3.83. The van der Waals surface area contributed by atoms with Crippen LogP contribution in [-0.2, 0) is 24.1 Å². The van der Waals surface area contributed by atoms with E-state index in [1.165, 1.54) is 4.57 Å². The van der Waals surface area contributed by atoms with Gasteiger partial charge in [-0.2, -0.15) is 10.2 Å². The van der Waals surface area contributed by atoms with Crippen molar-refractivity contribution in [2.75, 3.05) is 41.0 Å². The summed E-state index contributed by atoms with van der Waals surface area (Å²) in [5.41, 5.74) is 1.05. The smallest absolute Gasteiger partial charge is 0.351 e. The number of hydrogen-bond donors (Lipinski definition) is 0. The van der Waals surface area contributed by atoms with Crippen molar-refractivity contribution in [2.45, 2.75) is 89.5 Å². The van der Waals surface area contributed by atoms with Crippen LogP contribution in [0.15, 0.2) is 101 Å². The van der Waals surface area contributed by atoms with E-state index in [-0.39, 0.29) is 31.7 Å². The van der Waals surface area contributed by atoms with Crippen LogP contribution in [0.5, 0.6) is 11.5 Å². The van der Waals surface area contributed by atoms with Gasteiger partial charge in [0.2, 0.25) is 0 Å². The van der Waals surface area contributed by atoms with Crippen LogP contribution in [0.3, 0.4) is 0 Å². The number of methoxy groups -OCH3 is 2. The van der Waals surface area contributed by atoms with Gasteiger partial charge in [-0.25, -0.2) is 14.5 Å². The first-order valence-electron chi connectivity index (χ1n) is 19.8. The summed E-state index contributed by atoms with van der Waals surface area (Å²) in [5, 5.41) is 9.37. The number of aliphatic imine (C=N–C) groups is 1. The zero-order valence-electron chi connectivity index (χ0n) is 34.5. The predicted octanol–water partition coefficient (Wildman–Crippen LogP) is 7.97. The summed E-state index contributed by atoms with van der Waals surface area (Å²) >= 11 is 0. The van der Waals surface area contributed by atoms with Crippen molar-refractivity contribution in [3.8, 4) is 17.6 Å². The summed E-state index contributed by atoms with van der Waals surface area (Å²) in [7, 11) is 3.62. The molecule has 4 aromatic rings. The summed E-state index contributed by atoms with van der Waals surface area (Å²) in [4.78, 5) is 24.8. The quantitative estimate of drug-likeness (QED) is 0.0551. The van der Waals surface area contributed by atoms with Crippen molar-refractivity contribution in [2.24, 2.45) is 4.99 Å². The fourth-order valence-corrected chi connectivity index (χ4v) is 9.33. The Bertz CT molecular complexity index is 2000. The Morgan fingerprint density at radius 1 is 0.948 bits per heavy atom. The minimum atomic E-state index is -1.65. The third-order valence-corrected chi connectivity index (χ3v) is 12.6. The molecule has 1 aromatic heterocycles. The van der Waals surface area contributed by atoms with Gasteiger partial charge in [-0.1, -0.05) is 54.6 Å². The molecule has 2 aliphatic heterocycles. The Balaban J connectivity index is 1.40. The monoisotopic (exact) mass is 810 g/mol. The predicted molar refractivity (Wildman–Crippen MR) is 224 cm³/mol. The number of ether oxygens (including phenoxy) is 4. The van der Waals surface area contributed by atoms with Gasteiger partial charge in [0.25, 0.3) is 8.53 Å². The molecule has 0 amide bonds. The van der Waals surface area contributed by atoms with Crippen LogP contribution in [0.1, 0.15) is 76.3 Å². The van der Waals surface area contributed by atoms with Gasteiger partial charge in [0.15, 0.2) is 5.82 Å². The lowest BCUT2D eigenvalue weighted by Gasteiger charge is -2.39. The van der Waals surface area contributed by atoms with Crippen LogP contribution in [-0.4, -0.2) is 90.3 Å². The molecule has 0 aliphatic carbocycles. The second-order valence-electron chi connectivity index (χ2n) is 14.9. The highest BCUT2D eigenvalue weighted by atomic mass is 31.2. The summed E-state index contributed by atoms with van der Waals surface area (Å²) in [6.45, 7) is 9.59. The fraction of sp³-hybridized carbons (Fsp3) is 0.455. The molecule has 308 valence electrons. The minimum absolute atomic E-state index is 0.0685. The summed E-state index contributed by atoms with van der Waals surface area (Å²) in [6.07, 6.45) is 2.15. The molecule has 0 N–H and O–H groups in total. The molecule has 0 spiro atoms. The summed E-state index contributed by atoms with van der Waals surface area (Å²) < 4.78 is 42.2. The van der Waals surface area contributed by atoms with Gasteiger partial charge in [0.05, 0.1) is 46.0 Å². The van der Waals surface area contributed by atoms with Gasteiger partial charge in [-0.05, 0) is 81.1 Å². The van der Waals surface area contributed by atoms with E-state index < -0.39 is 38.3 Å². The molecule has 2 aliphatic rings. The van der Waals surface area contributed by atoms with Crippen LogP contribution in [0.4, 0.5) is 5.82 Å². The Labute approximate surface area is 343 Å². The molecule has 6 rings (SSSR count). The SMILES string of the molecule is COc1ccc(C(OC[C@H]2O[C@@H](n3ccc(N=C4CCCN4C)nc3=O)CC2OP(OCCC#N)N(C(C)C)C(C)C)(c2ccccc2)c2ccc(OC)cc2)cc1. The van der Waals surface area contributed by atoms with Crippen molar-refractivity contribution in [1.82, 2.24) is 19.1 Å². The molecule has 4 atom stereocenters. The van der Waals surface area contributed by atoms with Gasteiger partial charge < -0.3 is 32.9 Å².